The van der Waals surface area contributed by atoms with Crippen molar-refractivity contribution in [2.45, 2.75) is 6.54 Å². The van der Waals surface area contributed by atoms with Gasteiger partial charge in [-0.2, -0.15) is 4.98 Å². The Bertz CT molecular complexity index is 739. The van der Waals surface area contributed by atoms with Crippen LogP contribution in [0.15, 0.2) is 53.1 Å². The van der Waals surface area contributed by atoms with Gasteiger partial charge in [0.15, 0.2) is 0 Å². The Hall–Kier alpha value is -2.53. The van der Waals surface area contributed by atoms with Crippen LogP contribution in [0.25, 0.3) is 11.4 Å². The molecule has 1 heterocycles. The molecule has 3 aromatic rings. The smallest absolute Gasteiger partial charge is 0.322 e. The van der Waals surface area contributed by atoms with E-state index in [9.17, 15) is 0 Å². The number of nitrogens with one attached hydrogen (secondary N) is 1. The van der Waals surface area contributed by atoms with E-state index in [2.05, 4.69) is 15.5 Å². The molecule has 0 saturated heterocycles. The molecule has 0 amide bonds. The van der Waals surface area contributed by atoms with Crippen molar-refractivity contribution in [2.75, 3.05) is 12.4 Å². The number of aromatic nitrogens is 2. The molecule has 0 radical (unpaired) electrons. The second-order valence-corrected chi connectivity index (χ2v) is 5.07. The van der Waals surface area contributed by atoms with E-state index in [0.29, 0.717) is 23.4 Å². The summed E-state index contributed by atoms with van der Waals surface area (Å²) in [7, 11) is 1.64. The summed E-state index contributed by atoms with van der Waals surface area (Å²) in [5, 5.41) is 7.71. The van der Waals surface area contributed by atoms with Crippen LogP contribution in [-0.2, 0) is 6.54 Å². The van der Waals surface area contributed by atoms with Gasteiger partial charge in [-0.3, -0.25) is 0 Å². The number of methoxy groups -OCH3 is 1. The molecule has 0 atom stereocenters. The molecule has 0 unspecified atom stereocenters. The third kappa shape index (κ3) is 3.38. The van der Waals surface area contributed by atoms with Crippen LogP contribution in [-0.4, -0.2) is 17.3 Å². The maximum atomic E-state index is 5.86. The van der Waals surface area contributed by atoms with Gasteiger partial charge >= 0.3 is 6.01 Å². The molecule has 0 aliphatic rings. The molecule has 0 fully saturated rings. The van der Waals surface area contributed by atoms with E-state index in [1.165, 1.54) is 0 Å². The standard InChI is InChI=1S/C16H14ClN3O2/c1-21-14-8-2-11(3-9-14)10-18-16-19-15(20-22-16)12-4-6-13(17)7-5-12/h2-9H,10H2,1H3,(H,18,19,20). The van der Waals surface area contributed by atoms with Crippen LogP contribution in [0.4, 0.5) is 6.01 Å². The summed E-state index contributed by atoms with van der Waals surface area (Å²) in [5.41, 5.74) is 1.94. The Kier molecular flexibility index (Phi) is 4.25. The van der Waals surface area contributed by atoms with Crippen LogP contribution in [0.3, 0.4) is 0 Å². The maximum Gasteiger partial charge on any atom is 0.322 e. The number of benzene rings is 2. The van der Waals surface area contributed by atoms with Gasteiger partial charge in [0.2, 0.25) is 5.82 Å². The molecule has 6 heteroatoms. The molecule has 0 aliphatic heterocycles. The lowest BCUT2D eigenvalue weighted by atomic mass is 10.2. The lowest BCUT2D eigenvalue weighted by Crippen LogP contribution is -1.99. The van der Waals surface area contributed by atoms with E-state index >= 15 is 0 Å². The zero-order chi connectivity index (χ0) is 15.4. The first-order valence-electron chi connectivity index (χ1n) is 6.71. The van der Waals surface area contributed by atoms with Crippen molar-refractivity contribution in [3.63, 3.8) is 0 Å². The molecule has 5 nitrogen and oxygen atoms in total. The molecule has 0 saturated carbocycles. The quantitative estimate of drug-likeness (QED) is 0.770. The fourth-order valence-electron chi connectivity index (χ4n) is 1.93. The van der Waals surface area contributed by atoms with Crippen LogP contribution in [0, 0.1) is 0 Å². The van der Waals surface area contributed by atoms with Crippen LogP contribution < -0.4 is 10.1 Å². The Morgan fingerprint density at radius 1 is 1.09 bits per heavy atom. The van der Waals surface area contributed by atoms with E-state index in [1.54, 1.807) is 19.2 Å². The summed E-state index contributed by atoms with van der Waals surface area (Å²) >= 11 is 5.86. The minimum atomic E-state index is 0.376. The number of halogens is 1. The van der Waals surface area contributed by atoms with Gasteiger partial charge in [-0.15, -0.1) is 0 Å². The number of nitrogens with zero attached hydrogens (tertiary/aromatic N) is 2. The predicted molar refractivity (Wildman–Crippen MR) is 85.1 cm³/mol. The minimum Gasteiger partial charge on any atom is -0.497 e. The van der Waals surface area contributed by atoms with Crippen molar-refractivity contribution < 1.29 is 9.26 Å². The average molecular weight is 316 g/mol. The van der Waals surface area contributed by atoms with Gasteiger partial charge in [0.05, 0.1) is 7.11 Å². The van der Waals surface area contributed by atoms with E-state index in [0.717, 1.165) is 16.9 Å². The third-order valence-electron chi connectivity index (χ3n) is 3.13. The average Bonchev–Trinajstić information content (AvgIpc) is 3.03. The lowest BCUT2D eigenvalue weighted by Gasteiger charge is -2.03. The van der Waals surface area contributed by atoms with E-state index in [4.69, 9.17) is 20.9 Å². The van der Waals surface area contributed by atoms with Crippen molar-refractivity contribution in [3.8, 4) is 17.1 Å². The van der Waals surface area contributed by atoms with Gasteiger partial charge in [-0.25, -0.2) is 0 Å². The molecule has 2 aromatic carbocycles. The molecule has 112 valence electrons. The van der Waals surface area contributed by atoms with Gasteiger partial charge in [0, 0.05) is 17.1 Å². The highest BCUT2D eigenvalue weighted by molar-refractivity contribution is 6.30. The number of hydrogen-bond acceptors (Lipinski definition) is 5. The molecule has 0 bridgehead atoms. The summed E-state index contributed by atoms with van der Waals surface area (Å²) in [5.74, 6) is 1.35. The van der Waals surface area contributed by atoms with Gasteiger partial charge < -0.3 is 14.6 Å². The van der Waals surface area contributed by atoms with Gasteiger partial charge in [-0.1, -0.05) is 28.9 Å². The van der Waals surface area contributed by atoms with Gasteiger partial charge in [-0.05, 0) is 42.0 Å². The Morgan fingerprint density at radius 3 is 2.50 bits per heavy atom. The van der Waals surface area contributed by atoms with E-state index in [-0.39, 0.29) is 0 Å². The van der Waals surface area contributed by atoms with Crippen molar-refractivity contribution in [2.24, 2.45) is 0 Å². The van der Waals surface area contributed by atoms with Gasteiger partial charge in [0.25, 0.3) is 0 Å². The minimum absolute atomic E-state index is 0.376. The molecular weight excluding hydrogens is 302 g/mol. The Morgan fingerprint density at radius 2 is 1.82 bits per heavy atom. The molecule has 1 aromatic heterocycles. The molecule has 0 spiro atoms. The Labute approximate surface area is 132 Å². The summed E-state index contributed by atoms with van der Waals surface area (Å²) in [4.78, 5) is 4.30. The first-order valence-corrected chi connectivity index (χ1v) is 7.09. The first-order chi connectivity index (χ1) is 10.7. The van der Waals surface area contributed by atoms with Crippen LogP contribution in [0.2, 0.25) is 5.02 Å². The van der Waals surface area contributed by atoms with Crippen molar-refractivity contribution in [1.29, 1.82) is 0 Å². The molecule has 0 aliphatic carbocycles. The zero-order valence-electron chi connectivity index (χ0n) is 11.9. The fraction of sp³-hybridized carbons (Fsp3) is 0.125. The van der Waals surface area contributed by atoms with Crippen LogP contribution in [0.5, 0.6) is 5.75 Å². The highest BCUT2D eigenvalue weighted by Crippen LogP contribution is 2.20. The second-order valence-electron chi connectivity index (χ2n) is 4.63. The highest BCUT2D eigenvalue weighted by atomic mass is 35.5. The lowest BCUT2D eigenvalue weighted by molar-refractivity contribution is 0.414. The molecule has 1 N–H and O–H groups in total. The summed E-state index contributed by atoms with van der Waals surface area (Å²) in [6, 6.07) is 15.4. The molecule has 3 rings (SSSR count). The first kappa shape index (κ1) is 14.4. The van der Waals surface area contributed by atoms with E-state index < -0.39 is 0 Å². The zero-order valence-corrected chi connectivity index (χ0v) is 12.7. The SMILES string of the molecule is COc1ccc(CNc2nc(-c3ccc(Cl)cc3)no2)cc1. The number of rotatable bonds is 5. The number of ether oxygens (including phenoxy) is 1. The Balaban J connectivity index is 1.65. The van der Waals surface area contributed by atoms with Crippen LogP contribution in [0.1, 0.15) is 5.56 Å². The summed E-state index contributed by atoms with van der Waals surface area (Å²) in [6.45, 7) is 0.590. The van der Waals surface area contributed by atoms with E-state index in [1.807, 2.05) is 36.4 Å². The second kappa shape index (κ2) is 6.49. The maximum absolute atomic E-state index is 5.86. The van der Waals surface area contributed by atoms with Crippen molar-refractivity contribution in [3.05, 3.63) is 59.1 Å². The molecule has 22 heavy (non-hydrogen) atoms. The summed E-state index contributed by atoms with van der Waals surface area (Å²) in [6.07, 6.45) is 0. The fourth-order valence-corrected chi connectivity index (χ4v) is 2.06. The normalized spacial score (nSPS) is 10.5. The highest BCUT2D eigenvalue weighted by Gasteiger charge is 2.08. The van der Waals surface area contributed by atoms with Gasteiger partial charge in [0.1, 0.15) is 5.75 Å². The van der Waals surface area contributed by atoms with Crippen molar-refractivity contribution >= 4 is 17.6 Å². The largest absolute Gasteiger partial charge is 0.497 e. The topological polar surface area (TPSA) is 60.2 Å². The third-order valence-corrected chi connectivity index (χ3v) is 3.38. The van der Waals surface area contributed by atoms with Crippen LogP contribution >= 0.6 is 11.6 Å². The number of anilines is 1. The van der Waals surface area contributed by atoms with Crippen molar-refractivity contribution in [1.82, 2.24) is 10.1 Å². The summed E-state index contributed by atoms with van der Waals surface area (Å²) < 4.78 is 10.3. The number of hydrogen-bond donors (Lipinski definition) is 1. The monoisotopic (exact) mass is 315 g/mol. The predicted octanol–water partition coefficient (Wildman–Crippen LogP) is 4.01. The molecular formula is C16H14ClN3O2.